The molecule has 4 rings (SSSR count). The molecule has 0 unspecified atom stereocenters. The first-order valence-electron chi connectivity index (χ1n) is 8.09. The molecule has 6 heteroatoms. The number of ether oxygens (including phenoxy) is 2. The van der Waals surface area contributed by atoms with E-state index in [1.807, 2.05) is 30.3 Å². The lowest BCUT2D eigenvalue weighted by Gasteiger charge is -2.10. The number of methoxy groups -OCH3 is 2. The fraction of sp³-hybridized carbons (Fsp3) is 0.100. The zero-order chi connectivity index (χ0) is 18.1. The van der Waals surface area contributed by atoms with E-state index < -0.39 is 0 Å². The Morgan fingerprint density at radius 3 is 2.62 bits per heavy atom. The monoisotopic (exact) mass is 347 g/mol. The molecule has 26 heavy (non-hydrogen) atoms. The number of pyridine rings is 1. The van der Waals surface area contributed by atoms with Gasteiger partial charge in [-0.3, -0.25) is 9.78 Å². The molecular formula is C20H17N3O3. The minimum Gasteiger partial charge on any atom is -0.493 e. The van der Waals surface area contributed by atoms with Crippen molar-refractivity contribution in [1.82, 2.24) is 9.97 Å². The zero-order valence-electron chi connectivity index (χ0n) is 14.4. The molecular weight excluding hydrogens is 330 g/mol. The molecule has 130 valence electrons. The number of H-pyrrole nitrogens is 1. The standard InChI is InChI=1S/C20H17N3O3/c1-25-16-8-7-14(11-17(16)26-2)22-20(24)15-10-13-6-5-12-4-3-9-21-18(12)19(13)23-15/h3-11,23H,1-2H3,(H,22,24). The lowest BCUT2D eigenvalue weighted by molar-refractivity contribution is 0.102. The van der Waals surface area contributed by atoms with Crippen LogP contribution in [0.2, 0.25) is 0 Å². The number of fused-ring (bicyclic) bond motifs is 3. The maximum Gasteiger partial charge on any atom is 0.272 e. The first-order chi connectivity index (χ1) is 12.7. The number of benzene rings is 2. The van der Waals surface area contributed by atoms with E-state index in [1.165, 1.54) is 0 Å². The van der Waals surface area contributed by atoms with Gasteiger partial charge in [-0.25, -0.2) is 0 Å². The van der Waals surface area contributed by atoms with E-state index in [9.17, 15) is 4.79 Å². The third kappa shape index (κ3) is 2.71. The predicted molar refractivity (Wildman–Crippen MR) is 101 cm³/mol. The number of rotatable bonds is 4. The summed E-state index contributed by atoms with van der Waals surface area (Å²) in [6, 6.07) is 14.9. The molecule has 0 aliphatic rings. The van der Waals surface area contributed by atoms with Crippen LogP contribution in [0, 0.1) is 0 Å². The highest BCUT2D eigenvalue weighted by Crippen LogP contribution is 2.30. The second-order valence-corrected chi connectivity index (χ2v) is 5.81. The Labute approximate surface area is 149 Å². The number of amides is 1. The molecule has 0 fully saturated rings. The fourth-order valence-corrected chi connectivity index (χ4v) is 2.97. The zero-order valence-corrected chi connectivity index (χ0v) is 14.4. The molecule has 6 nitrogen and oxygen atoms in total. The topological polar surface area (TPSA) is 76.2 Å². The molecule has 2 N–H and O–H groups in total. The maximum atomic E-state index is 12.6. The fourth-order valence-electron chi connectivity index (χ4n) is 2.97. The van der Waals surface area contributed by atoms with Crippen molar-refractivity contribution in [3.63, 3.8) is 0 Å². The largest absolute Gasteiger partial charge is 0.493 e. The highest BCUT2D eigenvalue weighted by molar-refractivity contribution is 6.10. The lowest BCUT2D eigenvalue weighted by Crippen LogP contribution is -2.12. The molecule has 2 aromatic carbocycles. The number of nitrogens with one attached hydrogen (secondary N) is 2. The quantitative estimate of drug-likeness (QED) is 0.585. The third-order valence-corrected chi connectivity index (χ3v) is 4.25. The van der Waals surface area contributed by atoms with Crippen molar-refractivity contribution in [2.75, 3.05) is 19.5 Å². The number of nitrogens with zero attached hydrogens (tertiary/aromatic N) is 1. The summed E-state index contributed by atoms with van der Waals surface area (Å²) >= 11 is 0. The van der Waals surface area contributed by atoms with Crippen LogP contribution < -0.4 is 14.8 Å². The molecule has 0 saturated carbocycles. The smallest absolute Gasteiger partial charge is 0.272 e. The van der Waals surface area contributed by atoms with Crippen molar-refractivity contribution in [2.45, 2.75) is 0 Å². The van der Waals surface area contributed by atoms with E-state index in [0.717, 1.165) is 21.8 Å². The van der Waals surface area contributed by atoms with Crippen molar-refractivity contribution >= 4 is 33.4 Å². The van der Waals surface area contributed by atoms with E-state index >= 15 is 0 Å². The van der Waals surface area contributed by atoms with Gasteiger partial charge in [-0.1, -0.05) is 18.2 Å². The average Bonchev–Trinajstić information content (AvgIpc) is 3.13. The Kier molecular flexibility index (Phi) is 3.93. The van der Waals surface area contributed by atoms with Gasteiger partial charge in [0, 0.05) is 28.7 Å². The van der Waals surface area contributed by atoms with E-state index in [2.05, 4.69) is 15.3 Å². The predicted octanol–water partition coefficient (Wildman–Crippen LogP) is 3.99. The molecule has 2 heterocycles. The number of hydrogen-bond donors (Lipinski definition) is 2. The Morgan fingerprint density at radius 2 is 1.81 bits per heavy atom. The van der Waals surface area contributed by atoms with E-state index in [4.69, 9.17) is 9.47 Å². The van der Waals surface area contributed by atoms with Gasteiger partial charge >= 0.3 is 0 Å². The number of anilines is 1. The molecule has 0 aliphatic carbocycles. The van der Waals surface area contributed by atoms with Gasteiger partial charge in [-0.15, -0.1) is 0 Å². The maximum absolute atomic E-state index is 12.6. The second-order valence-electron chi connectivity index (χ2n) is 5.81. The van der Waals surface area contributed by atoms with Gasteiger partial charge in [-0.2, -0.15) is 0 Å². The summed E-state index contributed by atoms with van der Waals surface area (Å²) in [5.41, 5.74) is 2.78. The molecule has 0 radical (unpaired) electrons. The first kappa shape index (κ1) is 16.0. The molecule has 0 atom stereocenters. The van der Waals surface area contributed by atoms with Crippen LogP contribution in [0.25, 0.3) is 21.8 Å². The average molecular weight is 347 g/mol. The molecule has 2 aromatic heterocycles. The Morgan fingerprint density at radius 1 is 1.00 bits per heavy atom. The van der Waals surface area contributed by atoms with Gasteiger partial charge in [0.1, 0.15) is 5.69 Å². The van der Waals surface area contributed by atoms with Crippen LogP contribution >= 0.6 is 0 Å². The Hall–Kier alpha value is -3.54. The van der Waals surface area contributed by atoms with Crippen LogP contribution in [0.3, 0.4) is 0 Å². The number of carbonyl (C=O) groups excluding carboxylic acids is 1. The molecule has 0 spiro atoms. The summed E-state index contributed by atoms with van der Waals surface area (Å²) < 4.78 is 10.5. The summed E-state index contributed by atoms with van der Waals surface area (Å²) in [6.07, 6.45) is 1.74. The summed E-state index contributed by atoms with van der Waals surface area (Å²) in [4.78, 5) is 20.2. The Balaban J connectivity index is 1.67. The van der Waals surface area contributed by atoms with E-state index in [1.54, 1.807) is 38.6 Å². The minimum atomic E-state index is -0.238. The van der Waals surface area contributed by atoms with Crippen LogP contribution in [0.5, 0.6) is 11.5 Å². The van der Waals surface area contributed by atoms with Gasteiger partial charge in [0.05, 0.1) is 25.3 Å². The van der Waals surface area contributed by atoms with Gasteiger partial charge in [0.2, 0.25) is 0 Å². The van der Waals surface area contributed by atoms with Crippen LogP contribution in [-0.2, 0) is 0 Å². The summed E-state index contributed by atoms with van der Waals surface area (Å²) in [5.74, 6) is 0.920. The van der Waals surface area contributed by atoms with Crippen LogP contribution in [0.4, 0.5) is 5.69 Å². The molecule has 0 bridgehead atoms. The lowest BCUT2D eigenvalue weighted by atomic mass is 10.1. The normalized spacial score (nSPS) is 10.8. The molecule has 4 aromatic rings. The molecule has 0 aliphatic heterocycles. The number of aromatic nitrogens is 2. The highest BCUT2D eigenvalue weighted by Gasteiger charge is 2.13. The number of carbonyl (C=O) groups is 1. The van der Waals surface area contributed by atoms with Gasteiger partial charge < -0.3 is 19.8 Å². The van der Waals surface area contributed by atoms with Gasteiger partial charge in [-0.05, 0) is 24.3 Å². The van der Waals surface area contributed by atoms with Gasteiger partial charge in [0.15, 0.2) is 11.5 Å². The van der Waals surface area contributed by atoms with E-state index in [-0.39, 0.29) is 5.91 Å². The van der Waals surface area contributed by atoms with E-state index in [0.29, 0.717) is 22.9 Å². The summed E-state index contributed by atoms with van der Waals surface area (Å²) in [5, 5.41) is 4.83. The second kappa shape index (κ2) is 6.40. The van der Waals surface area contributed by atoms with Crippen molar-refractivity contribution in [3.8, 4) is 11.5 Å². The first-order valence-corrected chi connectivity index (χ1v) is 8.09. The van der Waals surface area contributed by atoms with Crippen molar-refractivity contribution in [1.29, 1.82) is 0 Å². The minimum absolute atomic E-state index is 0.238. The summed E-state index contributed by atoms with van der Waals surface area (Å²) in [6.45, 7) is 0. The third-order valence-electron chi connectivity index (χ3n) is 4.25. The van der Waals surface area contributed by atoms with Crippen molar-refractivity contribution in [2.24, 2.45) is 0 Å². The van der Waals surface area contributed by atoms with Crippen molar-refractivity contribution < 1.29 is 14.3 Å². The van der Waals surface area contributed by atoms with Crippen LogP contribution in [-0.4, -0.2) is 30.1 Å². The van der Waals surface area contributed by atoms with Crippen LogP contribution in [0.1, 0.15) is 10.5 Å². The number of aromatic amines is 1. The SMILES string of the molecule is COc1ccc(NC(=O)c2cc3ccc4cccnc4c3[nH]2)cc1OC. The van der Waals surface area contributed by atoms with Crippen molar-refractivity contribution in [3.05, 3.63) is 60.4 Å². The summed E-state index contributed by atoms with van der Waals surface area (Å²) in [7, 11) is 3.12. The number of hydrogen-bond acceptors (Lipinski definition) is 4. The van der Waals surface area contributed by atoms with Crippen LogP contribution in [0.15, 0.2) is 54.7 Å². The molecule has 0 saturated heterocycles. The Bertz CT molecular complexity index is 1120. The molecule has 1 amide bonds. The highest BCUT2D eigenvalue weighted by atomic mass is 16.5. The van der Waals surface area contributed by atoms with Gasteiger partial charge in [0.25, 0.3) is 5.91 Å².